The van der Waals surface area contributed by atoms with Gasteiger partial charge in [-0.25, -0.2) is 0 Å². The Balaban J connectivity index is 1.71. The van der Waals surface area contributed by atoms with Crippen molar-refractivity contribution in [1.29, 1.82) is 0 Å². The number of carbonyl (C=O) groups excluding carboxylic acids is 2. The fourth-order valence-electron chi connectivity index (χ4n) is 3.26. The monoisotopic (exact) mass is 340 g/mol. The summed E-state index contributed by atoms with van der Waals surface area (Å²) in [6.45, 7) is 4.92. The first-order chi connectivity index (χ1) is 12.0. The van der Waals surface area contributed by atoms with Crippen LogP contribution in [0.2, 0.25) is 0 Å². The lowest BCUT2D eigenvalue weighted by Crippen LogP contribution is -2.39. The van der Waals surface area contributed by atoms with E-state index in [0.29, 0.717) is 18.2 Å². The summed E-state index contributed by atoms with van der Waals surface area (Å²) >= 11 is 0. The van der Waals surface area contributed by atoms with Gasteiger partial charge >= 0.3 is 11.8 Å². The molecule has 0 saturated carbocycles. The number of nitrogens with zero attached hydrogens (tertiary/aromatic N) is 3. The summed E-state index contributed by atoms with van der Waals surface area (Å²) in [7, 11) is 1.76. The lowest BCUT2D eigenvalue weighted by Gasteiger charge is -2.24. The van der Waals surface area contributed by atoms with E-state index >= 15 is 0 Å². The lowest BCUT2D eigenvalue weighted by atomic mass is 9.98. The van der Waals surface area contributed by atoms with Crippen molar-refractivity contribution in [3.63, 3.8) is 0 Å². The summed E-state index contributed by atoms with van der Waals surface area (Å²) in [5, 5.41) is 6.61. The Morgan fingerprint density at radius 2 is 1.96 bits per heavy atom. The normalized spacial score (nSPS) is 17.1. The van der Waals surface area contributed by atoms with Crippen LogP contribution in [0, 0.1) is 0 Å². The molecular formula is C19H24N4O2. The molecule has 132 valence electrons. The predicted octanol–water partition coefficient (Wildman–Crippen LogP) is 2.85. The Kier molecular flexibility index (Phi) is 4.88. The van der Waals surface area contributed by atoms with E-state index in [1.165, 1.54) is 11.8 Å². The van der Waals surface area contributed by atoms with E-state index in [4.69, 9.17) is 0 Å². The maximum absolute atomic E-state index is 12.6. The molecule has 2 heterocycles. The largest absolute Gasteiger partial charge is 0.327 e. The average Bonchev–Trinajstić information content (AvgIpc) is 3.23. The van der Waals surface area contributed by atoms with Gasteiger partial charge in [0.2, 0.25) is 0 Å². The SMILES string of the molecule is CC(C)c1ccc([C@H]2CCCN2C(=O)C(=O)Nc2cnn(C)c2)cc1. The highest BCUT2D eigenvalue weighted by atomic mass is 16.2. The molecule has 0 unspecified atom stereocenters. The van der Waals surface area contributed by atoms with Gasteiger partial charge in [0.1, 0.15) is 0 Å². The molecule has 1 N–H and O–H groups in total. The molecule has 1 aliphatic heterocycles. The van der Waals surface area contributed by atoms with E-state index in [1.54, 1.807) is 22.8 Å². The quantitative estimate of drug-likeness (QED) is 0.874. The smallest absolute Gasteiger partial charge is 0.314 e. The number of anilines is 1. The highest BCUT2D eigenvalue weighted by Crippen LogP contribution is 2.32. The van der Waals surface area contributed by atoms with Gasteiger partial charge in [0.05, 0.1) is 17.9 Å². The van der Waals surface area contributed by atoms with Crippen LogP contribution in [0.5, 0.6) is 0 Å². The van der Waals surface area contributed by atoms with Gasteiger partial charge in [0.25, 0.3) is 0 Å². The number of hydrogen-bond donors (Lipinski definition) is 1. The Hall–Kier alpha value is -2.63. The Bertz CT molecular complexity index is 764. The Labute approximate surface area is 147 Å². The van der Waals surface area contributed by atoms with Crippen LogP contribution < -0.4 is 5.32 Å². The average molecular weight is 340 g/mol. The van der Waals surface area contributed by atoms with Crippen molar-refractivity contribution >= 4 is 17.5 Å². The summed E-state index contributed by atoms with van der Waals surface area (Å²) in [6.07, 6.45) is 4.98. The molecule has 2 amide bonds. The number of carbonyl (C=O) groups is 2. The molecule has 0 aliphatic carbocycles. The fourth-order valence-corrected chi connectivity index (χ4v) is 3.26. The van der Waals surface area contributed by atoms with Gasteiger partial charge in [0, 0.05) is 19.8 Å². The molecule has 0 bridgehead atoms. The Morgan fingerprint density at radius 3 is 2.56 bits per heavy atom. The predicted molar refractivity (Wildman–Crippen MR) is 96.1 cm³/mol. The van der Waals surface area contributed by atoms with Crippen molar-refractivity contribution in [2.75, 3.05) is 11.9 Å². The van der Waals surface area contributed by atoms with Crippen molar-refractivity contribution in [2.24, 2.45) is 7.05 Å². The highest BCUT2D eigenvalue weighted by Gasteiger charge is 2.33. The van der Waals surface area contributed by atoms with Crippen LogP contribution in [-0.4, -0.2) is 33.0 Å². The van der Waals surface area contributed by atoms with Gasteiger partial charge in [-0.15, -0.1) is 0 Å². The molecule has 2 aromatic rings. The van der Waals surface area contributed by atoms with Gasteiger partial charge in [-0.1, -0.05) is 38.1 Å². The molecule has 25 heavy (non-hydrogen) atoms. The number of nitrogens with one attached hydrogen (secondary N) is 1. The molecular weight excluding hydrogens is 316 g/mol. The van der Waals surface area contributed by atoms with E-state index in [9.17, 15) is 9.59 Å². The van der Waals surface area contributed by atoms with Crippen LogP contribution >= 0.6 is 0 Å². The number of likely N-dealkylation sites (tertiary alicyclic amines) is 1. The molecule has 1 aromatic heterocycles. The summed E-state index contributed by atoms with van der Waals surface area (Å²) in [6, 6.07) is 8.33. The molecule has 3 rings (SSSR count). The molecule has 0 spiro atoms. The number of rotatable bonds is 3. The van der Waals surface area contributed by atoms with Gasteiger partial charge in [-0.2, -0.15) is 5.10 Å². The van der Waals surface area contributed by atoms with Crippen molar-refractivity contribution < 1.29 is 9.59 Å². The minimum Gasteiger partial charge on any atom is -0.327 e. The van der Waals surface area contributed by atoms with Crippen LogP contribution in [0.15, 0.2) is 36.7 Å². The minimum absolute atomic E-state index is 0.0339. The summed E-state index contributed by atoms with van der Waals surface area (Å²) in [5.74, 6) is -0.626. The highest BCUT2D eigenvalue weighted by molar-refractivity contribution is 6.39. The molecule has 1 aliphatic rings. The summed E-state index contributed by atoms with van der Waals surface area (Å²) in [4.78, 5) is 26.6. The van der Waals surface area contributed by atoms with E-state index in [1.807, 2.05) is 0 Å². The van der Waals surface area contributed by atoms with Gasteiger partial charge < -0.3 is 10.2 Å². The van der Waals surface area contributed by atoms with E-state index < -0.39 is 11.8 Å². The minimum atomic E-state index is -0.612. The van der Waals surface area contributed by atoms with Crippen LogP contribution in [0.3, 0.4) is 0 Å². The van der Waals surface area contributed by atoms with Crippen LogP contribution in [0.1, 0.15) is 49.8 Å². The molecule has 6 heteroatoms. The third kappa shape index (κ3) is 3.73. The van der Waals surface area contributed by atoms with Crippen LogP contribution in [-0.2, 0) is 16.6 Å². The maximum atomic E-state index is 12.6. The standard InChI is InChI=1S/C19H24N4O2/c1-13(2)14-6-8-15(9-7-14)17-5-4-10-23(17)19(25)18(24)21-16-11-20-22(3)12-16/h6-9,11-13,17H,4-5,10H2,1-3H3,(H,21,24)/t17-/m1/s1. The number of aromatic nitrogens is 2. The van der Waals surface area contributed by atoms with E-state index in [-0.39, 0.29) is 6.04 Å². The first-order valence-corrected chi connectivity index (χ1v) is 8.66. The van der Waals surface area contributed by atoms with Gasteiger partial charge in [-0.3, -0.25) is 14.3 Å². The van der Waals surface area contributed by atoms with E-state index in [2.05, 4.69) is 48.5 Å². The molecule has 1 aromatic carbocycles. The van der Waals surface area contributed by atoms with Gasteiger partial charge in [-0.05, 0) is 29.9 Å². The summed E-state index contributed by atoms with van der Waals surface area (Å²) < 4.78 is 1.58. The molecule has 0 radical (unpaired) electrons. The Morgan fingerprint density at radius 1 is 1.24 bits per heavy atom. The molecule has 1 fully saturated rings. The second-order valence-corrected chi connectivity index (χ2v) is 6.83. The number of amides is 2. The fraction of sp³-hybridized carbons (Fsp3) is 0.421. The number of benzene rings is 1. The number of hydrogen-bond acceptors (Lipinski definition) is 3. The molecule has 1 saturated heterocycles. The maximum Gasteiger partial charge on any atom is 0.314 e. The molecule has 1 atom stereocenters. The van der Waals surface area contributed by atoms with Gasteiger partial charge in [0.15, 0.2) is 0 Å². The lowest BCUT2D eigenvalue weighted by molar-refractivity contribution is -0.143. The first-order valence-electron chi connectivity index (χ1n) is 8.66. The summed E-state index contributed by atoms with van der Waals surface area (Å²) in [5.41, 5.74) is 2.89. The van der Waals surface area contributed by atoms with Crippen molar-refractivity contribution in [3.8, 4) is 0 Å². The van der Waals surface area contributed by atoms with Crippen LogP contribution in [0.25, 0.3) is 0 Å². The van der Waals surface area contributed by atoms with Crippen molar-refractivity contribution in [3.05, 3.63) is 47.8 Å². The second-order valence-electron chi connectivity index (χ2n) is 6.83. The third-order valence-corrected chi connectivity index (χ3v) is 4.66. The zero-order valence-corrected chi connectivity index (χ0v) is 14.9. The van der Waals surface area contributed by atoms with Crippen molar-refractivity contribution in [2.45, 2.75) is 38.6 Å². The van der Waals surface area contributed by atoms with Crippen LogP contribution in [0.4, 0.5) is 5.69 Å². The molecule has 6 nitrogen and oxygen atoms in total. The second kappa shape index (κ2) is 7.09. The third-order valence-electron chi connectivity index (χ3n) is 4.66. The van der Waals surface area contributed by atoms with E-state index in [0.717, 1.165) is 18.4 Å². The van der Waals surface area contributed by atoms with Crippen molar-refractivity contribution in [1.82, 2.24) is 14.7 Å². The first kappa shape index (κ1) is 17.2. The number of aryl methyl sites for hydroxylation is 1. The topological polar surface area (TPSA) is 67.2 Å². The zero-order chi connectivity index (χ0) is 18.0. The zero-order valence-electron chi connectivity index (χ0n) is 14.9.